The lowest BCUT2D eigenvalue weighted by molar-refractivity contribution is -0.144. The van der Waals surface area contributed by atoms with E-state index in [1.165, 1.54) is 13.8 Å². The Kier molecular flexibility index (Phi) is 3.93. The summed E-state index contributed by atoms with van der Waals surface area (Å²) >= 11 is 0. The van der Waals surface area contributed by atoms with Crippen LogP contribution in [0.2, 0.25) is 0 Å². The van der Waals surface area contributed by atoms with Crippen molar-refractivity contribution in [2.75, 3.05) is 0 Å². The number of ether oxygens (including phenoxy) is 1. The van der Waals surface area contributed by atoms with Gasteiger partial charge in [-0.25, -0.2) is 4.79 Å². The van der Waals surface area contributed by atoms with Gasteiger partial charge < -0.3 is 9.84 Å². The molecular weight excluding hydrogens is 272 g/mol. The minimum absolute atomic E-state index is 0.131. The monoisotopic (exact) mass is 288 g/mol. The quantitative estimate of drug-likeness (QED) is 0.520. The number of carbonyl (C=O) groups is 3. The number of allylic oxidation sites excluding steroid dienone is 1. The highest BCUT2D eigenvalue weighted by Crippen LogP contribution is 2.34. The Morgan fingerprint density at radius 1 is 1.24 bits per heavy atom. The molecule has 0 aliphatic carbocycles. The summed E-state index contributed by atoms with van der Waals surface area (Å²) in [5.74, 6) is -1.04. The topological polar surface area (TPSA) is 80.7 Å². The van der Waals surface area contributed by atoms with Gasteiger partial charge in [-0.3, -0.25) is 9.59 Å². The van der Waals surface area contributed by atoms with Gasteiger partial charge in [0.1, 0.15) is 5.75 Å². The Morgan fingerprint density at radius 3 is 2.38 bits per heavy atom. The van der Waals surface area contributed by atoms with Crippen LogP contribution in [0.5, 0.6) is 5.75 Å². The van der Waals surface area contributed by atoms with Crippen LogP contribution in [0.25, 0.3) is 6.08 Å². The van der Waals surface area contributed by atoms with Crippen molar-refractivity contribution in [2.24, 2.45) is 0 Å². The summed E-state index contributed by atoms with van der Waals surface area (Å²) in [6.45, 7) is 4.52. The standard InChI is InChI=1S/C16H16O5/c1-8-11(6-13(9(2)17)10(3)18)4-5-14-12(8)7-15(21-14)16(19)20/h4-6,15H,7H2,1-3H3,(H,19,20). The Bertz CT molecular complexity index is 653. The van der Waals surface area contributed by atoms with Crippen LogP contribution in [0.15, 0.2) is 17.7 Å². The van der Waals surface area contributed by atoms with Crippen LogP contribution in [0.4, 0.5) is 0 Å². The molecule has 1 unspecified atom stereocenters. The van der Waals surface area contributed by atoms with Crippen molar-refractivity contribution in [1.29, 1.82) is 0 Å². The Morgan fingerprint density at radius 2 is 1.86 bits per heavy atom. The molecular formula is C16H16O5. The van der Waals surface area contributed by atoms with E-state index in [0.29, 0.717) is 5.75 Å². The van der Waals surface area contributed by atoms with Crippen LogP contribution in [0.3, 0.4) is 0 Å². The highest BCUT2D eigenvalue weighted by Gasteiger charge is 2.30. The van der Waals surface area contributed by atoms with Gasteiger partial charge in [-0.1, -0.05) is 6.07 Å². The molecule has 1 aliphatic rings. The summed E-state index contributed by atoms with van der Waals surface area (Å²) in [7, 11) is 0. The molecule has 1 N–H and O–H groups in total. The first-order valence-corrected chi connectivity index (χ1v) is 6.56. The molecule has 21 heavy (non-hydrogen) atoms. The molecule has 1 aromatic rings. The SMILES string of the molecule is CC(=O)C(=Cc1ccc2c(c1C)CC(C(=O)O)O2)C(C)=O. The summed E-state index contributed by atoms with van der Waals surface area (Å²) in [5, 5.41) is 9.01. The van der Waals surface area contributed by atoms with E-state index < -0.39 is 12.1 Å². The summed E-state index contributed by atoms with van der Waals surface area (Å²) in [4.78, 5) is 34.0. The maximum Gasteiger partial charge on any atom is 0.345 e. The molecule has 1 atom stereocenters. The first-order valence-electron chi connectivity index (χ1n) is 6.56. The Hall–Kier alpha value is -2.43. The van der Waals surface area contributed by atoms with E-state index in [2.05, 4.69) is 0 Å². The number of rotatable bonds is 4. The molecule has 0 spiro atoms. The number of hydrogen-bond donors (Lipinski definition) is 1. The zero-order valence-electron chi connectivity index (χ0n) is 12.1. The molecule has 5 nitrogen and oxygen atoms in total. The lowest BCUT2D eigenvalue weighted by atomic mass is 9.96. The lowest BCUT2D eigenvalue weighted by Gasteiger charge is -2.07. The van der Waals surface area contributed by atoms with E-state index >= 15 is 0 Å². The number of hydrogen-bond acceptors (Lipinski definition) is 4. The number of fused-ring (bicyclic) bond motifs is 1. The molecule has 2 rings (SSSR count). The van der Waals surface area contributed by atoms with E-state index in [0.717, 1.165) is 16.7 Å². The van der Waals surface area contributed by atoms with Gasteiger partial charge in [-0.15, -0.1) is 0 Å². The molecule has 1 aliphatic heterocycles. The van der Waals surface area contributed by atoms with E-state index in [4.69, 9.17) is 9.84 Å². The lowest BCUT2D eigenvalue weighted by Crippen LogP contribution is -2.24. The normalized spacial score (nSPS) is 15.9. The maximum atomic E-state index is 11.5. The zero-order valence-corrected chi connectivity index (χ0v) is 12.1. The minimum atomic E-state index is -1.00. The number of Topliss-reactive ketones (excluding diaryl/α,β-unsaturated/α-hetero) is 2. The Balaban J connectivity index is 2.45. The molecule has 5 heteroatoms. The molecule has 0 saturated heterocycles. The van der Waals surface area contributed by atoms with Crippen LogP contribution >= 0.6 is 0 Å². The van der Waals surface area contributed by atoms with Crippen LogP contribution < -0.4 is 4.74 Å². The van der Waals surface area contributed by atoms with Gasteiger partial charge in [0.05, 0.1) is 5.57 Å². The number of ketones is 2. The van der Waals surface area contributed by atoms with Gasteiger partial charge in [-0.2, -0.15) is 0 Å². The van der Waals surface area contributed by atoms with Gasteiger partial charge in [0.2, 0.25) is 0 Å². The molecule has 0 amide bonds. The first-order chi connectivity index (χ1) is 9.81. The highest BCUT2D eigenvalue weighted by atomic mass is 16.5. The fourth-order valence-electron chi connectivity index (χ4n) is 2.40. The number of carboxylic acids is 1. The van der Waals surface area contributed by atoms with Gasteiger partial charge in [0, 0.05) is 12.0 Å². The molecule has 0 radical (unpaired) electrons. The minimum Gasteiger partial charge on any atom is -0.478 e. The third-order valence-corrected chi connectivity index (χ3v) is 3.59. The van der Waals surface area contributed by atoms with E-state index in [1.807, 2.05) is 6.92 Å². The maximum absolute atomic E-state index is 11.5. The summed E-state index contributed by atoms with van der Waals surface area (Å²) < 4.78 is 5.35. The van der Waals surface area contributed by atoms with Crippen LogP contribution in [0.1, 0.15) is 30.5 Å². The zero-order chi connectivity index (χ0) is 15.7. The predicted octanol–water partition coefficient (Wildman–Crippen LogP) is 1.94. The molecule has 0 aromatic heterocycles. The van der Waals surface area contributed by atoms with Gasteiger partial charge >= 0.3 is 5.97 Å². The average Bonchev–Trinajstić information content (AvgIpc) is 2.82. The van der Waals surface area contributed by atoms with Crippen LogP contribution in [-0.2, 0) is 20.8 Å². The van der Waals surface area contributed by atoms with Crippen molar-refractivity contribution in [3.63, 3.8) is 0 Å². The smallest absolute Gasteiger partial charge is 0.345 e. The summed E-state index contributed by atoms with van der Waals surface area (Å²) in [6.07, 6.45) is 0.959. The largest absolute Gasteiger partial charge is 0.478 e. The van der Waals surface area contributed by atoms with Gasteiger partial charge in [0.15, 0.2) is 17.7 Å². The molecule has 0 saturated carbocycles. The third kappa shape index (κ3) is 2.86. The molecule has 1 aromatic carbocycles. The highest BCUT2D eigenvalue weighted by molar-refractivity contribution is 6.21. The first kappa shape index (κ1) is 15.0. The van der Waals surface area contributed by atoms with Gasteiger partial charge in [-0.05, 0) is 44.0 Å². The van der Waals surface area contributed by atoms with Crippen molar-refractivity contribution in [3.8, 4) is 5.75 Å². The molecule has 110 valence electrons. The fourth-order valence-corrected chi connectivity index (χ4v) is 2.40. The molecule has 0 fully saturated rings. The second kappa shape index (κ2) is 5.52. The second-order valence-electron chi connectivity index (χ2n) is 5.08. The average molecular weight is 288 g/mol. The predicted molar refractivity (Wildman–Crippen MR) is 76.3 cm³/mol. The van der Waals surface area contributed by atoms with Crippen molar-refractivity contribution in [1.82, 2.24) is 0 Å². The van der Waals surface area contributed by atoms with Crippen LogP contribution in [0, 0.1) is 6.92 Å². The third-order valence-electron chi connectivity index (χ3n) is 3.59. The Labute approximate surface area is 122 Å². The van der Waals surface area contributed by atoms with Gasteiger partial charge in [0.25, 0.3) is 0 Å². The van der Waals surface area contributed by atoms with E-state index in [1.54, 1.807) is 18.2 Å². The number of carboxylic acid groups (broad SMARTS) is 1. The summed E-state index contributed by atoms with van der Waals surface area (Å²) in [6, 6.07) is 3.40. The second-order valence-corrected chi connectivity index (χ2v) is 5.08. The fraction of sp³-hybridized carbons (Fsp3) is 0.312. The number of aliphatic carboxylic acids is 1. The van der Waals surface area contributed by atoms with E-state index in [-0.39, 0.29) is 23.6 Å². The number of carbonyl (C=O) groups excluding carboxylic acids is 2. The van der Waals surface area contributed by atoms with Crippen molar-refractivity contribution < 1.29 is 24.2 Å². The van der Waals surface area contributed by atoms with Crippen molar-refractivity contribution >= 4 is 23.6 Å². The number of benzene rings is 1. The molecule has 1 heterocycles. The van der Waals surface area contributed by atoms with Crippen molar-refractivity contribution in [3.05, 3.63) is 34.4 Å². The van der Waals surface area contributed by atoms with E-state index in [9.17, 15) is 14.4 Å². The van der Waals surface area contributed by atoms with Crippen molar-refractivity contribution in [2.45, 2.75) is 33.3 Å². The summed E-state index contributed by atoms with van der Waals surface area (Å²) in [5.41, 5.74) is 2.49. The molecule has 0 bridgehead atoms. The van der Waals surface area contributed by atoms with Crippen LogP contribution in [-0.4, -0.2) is 28.7 Å².